The Morgan fingerprint density at radius 3 is 3.00 bits per heavy atom. The Labute approximate surface area is 144 Å². The lowest BCUT2D eigenvalue weighted by Gasteiger charge is -2.40. The number of nitrogens with zero attached hydrogens (tertiary/aromatic N) is 3. The van der Waals surface area contributed by atoms with Gasteiger partial charge in [-0.05, 0) is 63.9 Å². The SMILES string of the molecule is C=CCO/N=C1\CCCc2cccnc2C1(O)C1CCN(C)CC1. The topological polar surface area (TPSA) is 58.0 Å². The first-order valence-corrected chi connectivity index (χ1v) is 8.81. The maximum atomic E-state index is 11.9. The third-order valence-corrected chi connectivity index (χ3v) is 5.23. The van der Waals surface area contributed by atoms with Crippen molar-refractivity contribution in [3.8, 4) is 0 Å². The van der Waals surface area contributed by atoms with Crippen LogP contribution in [0.4, 0.5) is 0 Å². The Morgan fingerprint density at radius 2 is 2.25 bits per heavy atom. The zero-order valence-electron chi connectivity index (χ0n) is 14.4. The molecule has 0 aromatic carbocycles. The summed E-state index contributed by atoms with van der Waals surface area (Å²) < 4.78 is 0. The van der Waals surface area contributed by atoms with Gasteiger partial charge in [0.05, 0.1) is 11.4 Å². The number of pyridine rings is 1. The van der Waals surface area contributed by atoms with Crippen LogP contribution in [0.3, 0.4) is 0 Å². The molecule has 1 aromatic rings. The van der Waals surface area contributed by atoms with E-state index < -0.39 is 5.60 Å². The fourth-order valence-corrected chi connectivity index (χ4v) is 3.90. The van der Waals surface area contributed by atoms with Gasteiger partial charge in [-0.25, -0.2) is 0 Å². The third-order valence-electron chi connectivity index (χ3n) is 5.23. The second-order valence-electron chi connectivity index (χ2n) is 6.83. The van der Waals surface area contributed by atoms with Crippen LogP contribution in [0.25, 0.3) is 0 Å². The van der Waals surface area contributed by atoms with Gasteiger partial charge in [-0.3, -0.25) is 4.98 Å². The van der Waals surface area contributed by atoms with Gasteiger partial charge in [0.2, 0.25) is 0 Å². The Balaban J connectivity index is 2.02. The van der Waals surface area contributed by atoms with Gasteiger partial charge in [0.1, 0.15) is 6.61 Å². The summed E-state index contributed by atoms with van der Waals surface area (Å²) >= 11 is 0. The molecule has 2 aliphatic rings. The van der Waals surface area contributed by atoms with Crippen LogP contribution in [0.1, 0.15) is 36.9 Å². The van der Waals surface area contributed by atoms with E-state index in [0.29, 0.717) is 6.61 Å². The lowest BCUT2D eigenvalue weighted by Crippen LogP contribution is -2.48. The molecular weight excluding hydrogens is 302 g/mol. The molecule has 130 valence electrons. The normalized spacial score (nSPS) is 27.5. The zero-order valence-corrected chi connectivity index (χ0v) is 14.4. The fraction of sp³-hybridized carbons (Fsp3) is 0.579. The molecule has 1 fully saturated rings. The van der Waals surface area contributed by atoms with Gasteiger partial charge >= 0.3 is 0 Å². The molecule has 2 heterocycles. The van der Waals surface area contributed by atoms with E-state index >= 15 is 0 Å². The van der Waals surface area contributed by atoms with Crippen molar-refractivity contribution in [2.24, 2.45) is 11.1 Å². The Bertz CT molecular complexity index is 608. The van der Waals surface area contributed by atoms with E-state index in [1.165, 1.54) is 0 Å². The monoisotopic (exact) mass is 329 g/mol. The number of hydrogen-bond acceptors (Lipinski definition) is 5. The minimum absolute atomic E-state index is 0.117. The smallest absolute Gasteiger partial charge is 0.151 e. The van der Waals surface area contributed by atoms with Crippen LogP contribution in [-0.4, -0.2) is 47.4 Å². The van der Waals surface area contributed by atoms with Crippen LogP contribution in [0, 0.1) is 5.92 Å². The summed E-state index contributed by atoms with van der Waals surface area (Å²) in [7, 11) is 2.13. The van der Waals surface area contributed by atoms with Crippen molar-refractivity contribution in [2.75, 3.05) is 26.7 Å². The van der Waals surface area contributed by atoms with Crippen molar-refractivity contribution in [1.82, 2.24) is 9.88 Å². The summed E-state index contributed by atoms with van der Waals surface area (Å²) in [6, 6.07) is 4.03. The molecule has 0 radical (unpaired) electrons. The fourth-order valence-electron chi connectivity index (χ4n) is 3.90. The van der Waals surface area contributed by atoms with Crippen molar-refractivity contribution >= 4 is 5.71 Å². The minimum atomic E-state index is -1.13. The maximum Gasteiger partial charge on any atom is 0.151 e. The summed E-state index contributed by atoms with van der Waals surface area (Å²) in [5.74, 6) is 0.117. The van der Waals surface area contributed by atoms with Crippen molar-refractivity contribution in [1.29, 1.82) is 0 Å². The number of aryl methyl sites for hydroxylation is 1. The van der Waals surface area contributed by atoms with Crippen molar-refractivity contribution < 1.29 is 9.94 Å². The zero-order chi connectivity index (χ0) is 17.0. The molecule has 3 rings (SSSR count). The van der Waals surface area contributed by atoms with E-state index in [1.54, 1.807) is 12.3 Å². The highest BCUT2D eigenvalue weighted by Gasteiger charge is 2.47. The summed E-state index contributed by atoms with van der Waals surface area (Å²) in [6.45, 7) is 5.97. The van der Waals surface area contributed by atoms with Crippen LogP contribution in [-0.2, 0) is 16.9 Å². The molecule has 1 unspecified atom stereocenters. The second kappa shape index (κ2) is 7.45. The van der Waals surface area contributed by atoms with Gasteiger partial charge in [0, 0.05) is 12.1 Å². The predicted molar refractivity (Wildman–Crippen MR) is 94.9 cm³/mol. The molecule has 0 amide bonds. The highest BCUT2D eigenvalue weighted by atomic mass is 16.6. The molecule has 5 heteroatoms. The van der Waals surface area contributed by atoms with Gasteiger partial charge < -0.3 is 14.8 Å². The van der Waals surface area contributed by atoms with Crippen LogP contribution in [0.5, 0.6) is 0 Å². The highest BCUT2D eigenvalue weighted by Crippen LogP contribution is 2.41. The number of aliphatic hydroxyl groups is 1. The standard InChI is InChI=1S/C19H27N3O2/c1-3-14-24-21-17-8-4-6-15-7-5-11-20-18(15)19(17,23)16-9-12-22(2)13-10-16/h3,5,7,11,16,23H,1,4,6,8-10,12-14H2,2H3/b21-17+. The number of piperidine rings is 1. The Kier molecular flexibility index (Phi) is 5.31. The lowest BCUT2D eigenvalue weighted by molar-refractivity contribution is 0.00448. The quantitative estimate of drug-likeness (QED) is 0.399. The van der Waals surface area contributed by atoms with Gasteiger partial charge in [-0.1, -0.05) is 23.9 Å². The molecule has 5 nitrogen and oxygen atoms in total. The second-order valence-corrected chi connectivity index (χ2v) is 6.83. The van der Waals surface area contributed by atoms with Gasteiger partial charge in [-0.2, -0.15) is 0 Å². The Hall–Kier alpha value is -1.72. The molecule has 1 atom stereocenters. The van der Waals surface area contributed by atoms with E-state index in [1.807, 2.05) is 6.07 Å². The van der Waals surface area contributed by atoms with Crippen molar-refractivity contribution in [3.05, 3.63) is 42.2 Å². The number of fused-ring (bicyclic) bond motifs is 1. The maximum absolute atomic E-state index is 11.9. The van der Waals surface area contributed by atoms with E-state index in [9.17, 15) is 5.11 Å². The number of hydrogen-bond donors (Lipinski definition) is 1. The first-order chi connectivity index (χ1) is 11.7. The van der Waals surface area contributed by atoms with Crippen LogP contribution < -0.4 is 0 Å². The summed E-state index contributed by atoms with van der Waals surface area (Å²) in [4.78, 5) is 12.3. The molecule has 0 bridgehead atoms. The predicted octanol–water partition coefficient (Wildman–Crippen LogP) is 2.51. The average Bonchev–Trinajstić information content (AvgIpc) is 2.74. The molecule has 1 aromatic heterocycles. The van der Waals surface area contributed by atoms with E-state index in [4.69, 9.17) is 4.84 Å². The van der Waals surface area contributed by atoms with Crippen molar-refractivity contribution in [2.45, 2.75) is 37.7 Å². The van der Waals surface area contributed by atoms with E-state index in [-0.39, 0.29) is 5.92 Å². The van der Waals surface area contributed by atoms with Gasteiger partial charge in [0.25, 0.3) is 0 Å². The molecular formula is C19H27N3O2. The number of aromatic nitrogens is 1. The first kappa shape index (κ1) is 17.1. The molecule has 1 saturated heterocycles. The lowest BCUT2D eigenvalue weighted by atomic mass is 9.74. The summed E-state index contributed by atoms with van der Waals surface area (Å²) in [5.41, 5.74) is 1.50. The molecule has 1 aliphatic carbocycles. The Morgan fingerprint density at radius 1 is 1.46 bits per heavy atom. The molecule has 1 aliphatic heterocycles. The third kappa shape index (κ3) is 3.23. The largest absolute Gasteiger partial charge is 0.392 e. The molecule has 24 heavy (non-hydrogen) atoms. The van der Waals surface area contributed by atoms with E-state index in [2.05, 4.69) is 34.7 Å². The van der Waals surface area contributed by atoms with Gasteiger partial charge in [-0.15, -0.1) is 0 Å². The van der Waals surface area contributed by atoms with Crippen molar-refractivity contribution in [3.63, 3.8) is 0 Å². The summed E-state index contributed by atoms with van der Waals surface area (Å²) in [5, 5.41) is 16.2. The molecule has 0 spiro atoms. The molecule has 1 N–H and O–H groups in total. The summed E-state index contributed by atoms with van der Waals surface area (Å²) in [6.07, 6.45) is 7.90. The van der Waals surface area contributed by atoms with E-state index in [0.717, 1.165) is 62.2 Å². The highest BCUT2D eigenvalue weighted by molar-refractivity contribution is 5.93. The van der Waals surface area contributed by atoms with Crippen LogP contribution in [0.2, 0.25) is 0 Å². The minimum Gasteiger partial charge on any atom is -0.392 e. The number of likely N-dealkylation sites (tertiary alicyclic amines) is 1. The number of rotatable bonds is 4. The average molecular weight is 329 g/mol. The van der Waals surface area contributed by atoms with Gasteiger partial charge in [0.15, 0.2) is 5.60 Å². The first-order valence-electron chi connectivity index (χ1n) is 8.81. The van der Waals surface area contributed by atoms with Crippen LogP contribution >= 0.6 is 0 Å². The number of oxime groups is 1. The van der Waals surface area contributed by atoms with Crippen LogP contribution in [0.15, 0.2) is 36.1 Å². The molecule has 0 saturated carbocycles.